The molecule has 0 fully saturated rings. The van der Waals surface area contributed by atoms with Crippen LogP contribution in [0.3, 0.4) is 0 Å². The summed E-state index contributed by atoms with van der Waals surface area (Å²) in [6.07, 6.45) is 0. The van der Waals surface area contributed by atoms with Gasteiger partial charge in [-0.15, -0.1) is 0 Å². The van der Waals surface area contributed by atoms with Gasteiger partial charge in [-0.1, -0.05) is 32.9 Å². The average molecular weight is 294 g/mol. The summed E-state index contributed by atoms with van der Waals surface area (Å²) in [4.78, 5) is 23.0. The number of ether oxygens (including phenoxy) is 1. The highest BCUT2D eigenvalue weighted by molar-refractivity contribution is 5.83. The normalized spacial score (nSPS) is 12.4. The van der Waals surface area contributed by atoms with Crippen molar-refractivity contribution in [2.75, 3.05) is 7.11 Å². The number of nitrogens with one attached hydrogen (secondary N) is 2. The molecule has 21 heavy (non-hydrogen) atoms. The molecule has 0 aliphatic carbocycles. The summed E-state index contributed by atoms with van der Waals surface area (Å²) >= 11 is 0. The number of urea groups is 1. The zero-order chi connectivity index (χ0) is 16.0. The topological polar surface area (TPSA) is 87.7 Å². The standard InChI is InChI=1S/C15H22N2O4/c1-15(2,3)12(13(18)19)17-14(20)16-9-10-6-5-7-11(8-10)21-4/h5-8,12H,9H2,1-4H3,(H,18,19)(H2,16,17,20)/t12-/m0/s1. The highest BCUT2D eigenvalue weighted by Crippen LogP contribution is 2.19. The molecular formula is C15H22N2O4. The quantitative estimate of drug-likeness (QED) is 0.775. The number of aliphatic carboxylic acids is 1. The van der Waals surface area contributed by atoms with Crippen molar-refractivity contribution in [2.24, 2.45) is 5.41 Å². The molecule has 0 heterocycles. The number of carbonyl (C=O) groups is 2. The summed E-state index contributed by atoms with van der Waals surface area (Å²) in [6, 6.07) is 5.81. The highest BCUT2D eigenvalue weighted by Gasteiger charge is 2.32. The lowest BCUT2D eigenvalue weighted by atomic mass is 9.87. The van der Waals surface area contributed by atoms with Gasteiger partial charge < -0.3 is 20.5 Å². The number of methoxy groups -OCH3 is 1. The van der Waals surface area contributed by atoms with Gasteiger partial charge in [-0.05, 0) is 23.1 Å². The van der Waals surface area contributed by atoms with E-state index in [0.717, 1.165) is 5.56 Å². The minimum absolute atomic E-state index is 0.291. The molecule has 3 N–H and O–H groups in total. The van der Waals surface area contributed by atoms with Crippen LogP contribution in [0.4, 0.5) is 4.79 Å². The summed E-state index contributed by atoms with van der Waals surface area (Å²) < 4.78 is 5.10. The molecular weight excluding hydrogens is 272 g/mol. The second-order valence-electron chi connectivity index (χ2n) is 5.82. The third-order valence-corrected chi connectivity index (χ3v) is 2.98. The predicted molar refractivity (Wildman–Crippen MR) is 79.2 cm³/mol. The van der Waals surface area contributed by atoms with Gasteiger partial charge in [-0.2, -0.15) is 0 Å². The number of amides is 2. The van der Waals surface area contributed by atoms with Gasteiger partial charge in [0.25, 0.3) is 0 Å². The van der Waals surface area contributed by atoms with Crippen molar-refractivity contribution in [2.45, 2.75) is 33.4 Å². The van der Waals surface area contributed by atoms with E-state index in [-0.39, 0.29) is 0 Å². The number of hydrogen-bond acceptors (Lipinski definition) is 3. The van der Waals surface area contributed by atoms with Crippen LogP contribution in [0.1, 0.15) is 26.3 Å². The van der Waals surface area contributed by atoms with Gasteiger partial charge >= 0.3 is 12.0 Å². The number of carboxylic acids is 1. The monoisotopic (exact) mass is 294 g/mol. The summed E-state index contributed by atoms with van der Waals surface area (Å²) in [5.41, 5.74) is 0.297. The van der Waals surface area contributed by atoms with E-state index in [2.05, 4.69) is 10.6 Å². The maximum Gasteiger partial charge on any atom is 0.326 e. The van der Waals surface area contributed by atoms with Gasteiger partial charge in [-0.25, -0.2) is 9.59 Å². The molecule has 116 valence electrons. The maximum atomic E-state index is 11.8. The van der Waals surface area contributed by atoms with Gasteiger partial charge in [0.1, 0.15) is 11.8 Å². The molecule has 1 atom stereocenters. The number of hydrogen-bond donors (Lipinski definition) is 3. The summed E-state index contributed by atoms with van der Waals surface area (Å²) in [5, 5.41) is 14.3. The summed E-state index contributed by atoms with van der Waals surface area (Å²) in [5.74, 6) is -0.355. The van der Waals surface area contributed by atoms with E-state index in [4.69, 9.17) is 9.84 Å². The molecule has 6 nitrogen and oxygen atoms in total. The molecule has 0 unspecified atom stereocenters. The third-order valence-electron chi connectivity index (χ3n) is 2.98. The molecule has 0 spiro atoms. The van der Waals surface area contributed by atoms with Crippen LogP contribution in [0.25, 0.3) is 0 Å². The Morgan fingerprint density at radius 2 is 2.00 bits per heavy atom. The van der Waals surface area contributed by atoms with E-state index >= 15 is 0 Å². The van der Waals surface area contributed by atoms with Crippen LogP contribution in [0, 0.1) is 5.41 Å². The summed E-state index contributed by atoms with van der Waals surface area (Å²) in [7, 11) is 1.57. The molecule has 1 aromatic carbocycles. The first-order chi connectivity index (χ1) is 9.74. The lowest BCUT2D eigenvalue weighted by molar-refractivity contribution is -0.141. The Morgan fingerprint density at radius 3 is 2.52 bits per heavy atom. The maximum absolute atomic E-state index is 11.8. The molecule has 0 saturated carbocycles. The van der Waals surface area contributed by atoms with E-state index < -0.39 is 23.5 Å². The van der Waals surface area contributed by atoms with Crippen molar-refractivity contribution in [1.29, 1.82) is 0 Å². The van der Waals surface area contributed by atoms with Gasteiger partial charge in [0.15, 0.2) is 0 Å². The van der Waals surface area contributed by atoms with Crippen LogP contribution in [0.2, 0.25) is 0 Å². The molecule has 1 rings (SSSR count). The number of carboxylic acid groups (broad SMARTS) is 1. The molecule has 1 aromatic rings. The Morgan fingerprint density at radius 1 is 1.33 bits per heavy atom. The van der Waals surface area contributed by atoms with Crippen molar-refractivity contribution in [3.05, 3.63) is 29.8 Å². The first kappa shape index (κ1) is 16.8. The Labute approximate surface area is 124 Å². The second-order valence-corrected chi connectivity index (χ2v) is 5.82. The zero-order valence-corrected chi connectivity index (χ0v) is 12.8. The van der Waals surface area contributed by atoms with Crippen LogP contribution in [0.15, 0.2) is 24.3 Å². The van der Waals surface area contributed by atoms with E-state index in [0.29, 0.717) is 12.3 Å². The van der Waals surface area contributed by atoms with Gasteiger partial charge in [0, 0.05) is 6.54 Å². The molecule has 0 radical (unpaired) electrons. The Bertz CT molecular complexity index is 509. The minimum atomic E-state index is -1.06. The van der Waals surface area contributed by atoms with Crippen LogP contribution in [0.5, 0.6) is 5.75 Å². The van der Waals surface area contributed by atoms with E-state index in [1.807, 2.05) is 18.2 Å². The predicted octanol–water partition coefficient (Wildman–Crippen LogP) is 1.99. The Hall–Kier alpha value is -2.24. The van der Waals surface area contributed by atoms with Crippen molar-refractivity contribution >= 4 is 12.0 Å². The van der Waals surface area contributed by atoms with E-state index in [1.54, 1.807) is 33.9 Å². The molecule has 0 aromatic heterocycles. The molecule has 0 bridgehead atoms. The van der Waals surface area contributed by atoms with Crippen LogP contribution < -0.4 is 15.4 Å². The van der Waals surface area contributed by atoms with Gasteiger partial charge in [0.05, 0.1) is 7.11 Å². The second kappa shape index (κ2) is 6.97. The fraction of sp³-hybridized carbons (Fsp3) is 0.467. The number of benzene rings is 1. The van der Waals surface area contributed by atoms with Crippen molar-refractivity contribution in [3.63, 3.8) is 0 Å². The van der Waals surface area contributed by atoms with Gasteiger partial charge in [0.2, 0.25) is 0 Å². The lowest BCUT2D eigenvalue weighted by Gasteiger charge is -2.27. The highest BCUT2D eigenvalue weighted by atomic mass is 16.5. The SMILES string of the molecule is COc1cccc(CNC(=O)N[C@@H](C(=O)O)C(C)(C)C)c1. The van der Waals surface area contributed by atoms with E-state index in [9.17, 15) is 9.59 Å². The fourth-order valence-electron chi connectivity index (χ4n) is 1.80. The first-order valence-electron chi connectivity index (χ1n) is 6.64. The van der Waals surface area contributed by atoms with Crippen LogP contribution in [-0.4, -0.2) is 30.3 Å². The first-order valence-corrected chi connectivity index (χ1v) is 6.64. The molecule has 0 saturated heterocycles. The van der Waals surface area contributed by atoms with Gasteiger partial charge in [-0.3, -0.25) is 0 Å². The van der Waals surface area contributed by atoms with Crippen molar-refractivity contribution < 1.29 is 19.4 Å². The molecule has 6 heteroatoms. The molecule has 2 amide bonds. The zero-order valence-electron chi connectivity index (χ0n) is 12.8. The Kier molecular flexibility index (Phi) is 5.58. The smallest absolute Gasteiger partial charge is 0.326 e. The van der Waals surface area contributed by atoms with Crippen molar-refractivity contribution in [3.8, 4) is 5.75 Å². The van der Waals surface area contributed by atoms with Crippen molar-refractivity contribution in [1.82, 2.24) is 10.6 Å². The minimum Gasteiger partial charge on any atom is -0.497 e. The number of rotatable bonds is 5. The average Bonchev–Trinajstić information content (AvgIpc) is 2.41. The molecule has 0 aliphatic rings. The van der Waals surface area contributed by atoms with E-state index in [1.165, 1.54) is 0 Å². The fourth-order valence-corrected chi connectivity index (χ4v) is 1.80. The molecule has 0 aliphatic heterocycles. The summed E-state index contributed by atoms with van der Waals surface area (Å²) in [6.45, 7) is 5.57. The third kappa shape index (κ3) is 5.33. The number of carbonyl (C=O) groups excluding carboxylic acids is 1. The van der Waals surface area contributed by atoms with Crippen LogP contribution >= 0.6 is 0 Å². The Balaban J connectivity index is 2.59. The lowest BCUT2D eigenvalue weighted by Crippen LogP contribution is -2.52. The van der Waals surface area contributed by atoms with Crippen LogP contribution in [-0.2, 0) is 11.3 Å². The largest absolute Gasteiger partial charge is 0.497 e.